The van der Waals surface area contributed by atoms with Crippen LogP contribution in [0.3, 0.4) is 0 Å². The van der Waals surface area contributed by atoms with E-state index in [1.165, 1.54) is 31.9 Å². The Morgan fingerprint density at radius 2 is 1.62 bits per heavy atom. The molecule has 0 atom stereocenters. The van der Waals surface area contributed by atoms with E-state index in [1.54, 1.807) is 36.8 Å². The van der Waals surface area contributed by atoms with Crippen molar-refractivity contribution < 1.29 is 23.5 Å². The van der Waals surface area contributed by atoms with Gasteiger partial charge in [0.15, 0.2) is 22.7 Å². The minimum atomic E-state index is -0.706. The van der Waals surface area contributed by atoms with Gasteiger partial charge in [0.05, 0.1) is 37.2 Å². The summed E-state index contributed by atoms with van der Waals surface area (Å²) in [5.41, 5.74) is 4.08. The second-order valence-electron chi connectivity index (χ2n) is 10.9. The number of carbonyl (C=O) groups is 2. The molecule has 0 radical (unpaired) electrons. The quantitative estimate of drug-likeness (QED) is 0.142. The molecule has 6 rings (SSSR count). The molecule has 0 spiro atoms. The maximum atomic E-state index is 13.5. The third kappa shape index (κ3) is 7.27. The molecule has 0 saturated heterocycles. The van der Waals surface area contributed by atoms with Crippen LogP contribution in [-0.2, 0) is 13.0 Å². The lowest BCUT2D eigenvalue weighted by atomic mass is 10.1. The van der Waals surface area contributed by atoms with Crippen molar-refractivity contribution in [2.75, 3.05) is 31.4 Å². The van der Waals surface area contributed by atoms with Gasteiger partial charge in [-0.3, -0.25) is 14.4 Å². The monoisotopic (exact) mass is 643 g/mol. The van der Waals surface area contributed by atoms with Crippen LogP contribution in [0.15, 0.2) is 119 Å². The summed E-state index contributed by atoms with van der Waals surface area (Å²) in [6, 6.07) is 26.6. The summed E-state index contributed by atoms with van der Waals surface area (Å²) in [4.78, 5) is 43.4. The highest BCUT2D eigenvalue weighted by Crippen LogP contribution is 2.34. The van der Waals surface area contributed by atoms with Gasteiger partial charge in [-0.15, -0.1) is 0 Å². The first kappa shape index (κ1) is 31.8. The maximum Gasteiger partial charge on any atom is 0.291 e. The lowest BCUT2D eigenvalue weighted by Crippen LogP contribution is -2.20. The van der Waals surface area contributed by atoms with Gasteiger partial charge in [-0.05, 0) is 66.6 Å². The first-order chi connectivity index (χ1) is 23.4. The van der Waals surface area contributed by atoms with Crippen LogP contribution in [0.1, 0.15) is 32.0 Å². The predicted molar refractivity (Wildman–Crippen MR) is 183 cm³/mol. The van der Waals surface area contributed by atoms with Crippen LogP contribution in [0.4, 0.5) is 11.4 Å². The van der Waals surface area contributed by atoms with Gasteiger partial charge in [0.1, 0.15) is 5.58 Å². The Bertz CT molecular complexity index is 2120. The normalized spacial score (nSPS) is 10.9. The fourth-order valence-electron chi connectivity index (χ4n) is 5.23. The Morgan fingerprint density at radius 3 is 2.40 bits per heavy atom. The van der Waals surface area contributed by atoms with Crippen LogP contribution in [0.5, 0.6) is 11.5 Å². The zero-order valence-electron chi connectivity index (χ0n) is 26.4. The summed E-state index contributed by atoms with van der Waals surface area (Å²) in [5.74, 6) is -0.795. The fourth-order valence-corrected chi connectivity index (χ4v) is 5.23. The number of fused-ring (bicyclic) bond motifs is 1. The van der Waals surface area contributed by atoms with Crippen LogP contribution >= 0.6 is 0 Å². The zero-order chi connectivity index (χ0) is 33.5. The standard InChI is InChI=1S/C37H33N5O6/c1-46-33-19-29(30(20-34(33)47-2)41-37(45)35-21-31(43)28-8-3-4-9-32(28)48-35)36(44)40-26-12-10-24(11-13-26)14-15-38-22-25-6-5-7-27(18-25)42-17-16-39-23-42/h3-13,16-21,23,38H,14-15,22H2,1-2H3,(H,40,44)(H,41,45). The minimum absolute atomic E-state index is 0.120. The molecule has 0 bridgehead atoms. The van der Waals surface area contributed by atoms with E-state index in [2.05, 4.69) is 33.1 Å². The number of aromatic nitrogens is 2. The predicted octanol–water partition coefficient (Wildman–Crippen LogP) is 5.83. The molecule has 2 heterocycles. The Morgan fingerprint density at radius 1 is 0.833 bits per heavy atom. The van der Waals surface area contributed by atoms with Crippen LogP contribution in [0.25, 0.3) is 16.7 Å². The molecule has 2 aromatic heterocycles. The molecule has 4 aromatic carbocycles. The number of nitrogens with one attached hydrogen (secondary N) is 3. The van der Waals surface area contributed by atoms with Crippen LogP contribution in [-0.4, -0.2) is 42.1 Å². The van der Waals surface area contributed by atoms with Gasteiger partial charge in [-0.1, -0.05) is 36.4 Å². The number of ether oxygens (including phenoxy) is 2. The molecular formula is C37H33N5O6. The van der Waals surface area contributed by atoms with Crippen molar-refractivity contribution in [3.8, 4) is 17.2 Å². The highest BCUT2D eigenvalue weighted by atomic mass is 16.5. The number of amides is 2. The Hall–Kier alpha value is -6.20. The summed E-state index contributed by atoms with van der Waals surface area (Å²) in [5, 5.41) is 9.41. The van der Waals surface area contributed by atoms with E-state index in [4.69, 9.17) is 13.9 Å². The van der Waals surface area contributed by atoms with E-state index in [1.807, 2.05) is 47.2 Å². The molecule has 242 valence electrons. The molecular weight excluding hydrogens is 610 g/mol. The number of benzene rings is 4. The van der Waals surface area contributed by atoms with E-state index in [0.29, 0.717) is 22.6 Å². The molecule has 0 aliphatic rings. The molecule has 0 saturated carbocycles. The number of hydrogen-bond acceptors (Lipinski definition) is 8. The van der Waals surface area contributed by atoms with Gasteiger partial charge in [0.25, 0.3) is 11.8 Å². The number of methoxy groups -OCH3 is 2. The van der Waals surface area contributed by atoms with Crippen molar-refractivity contribution in [3.63, 3.8) is 0 Å². The molecule has 0 fully saturated rings. The molecule has 3 N–H and O–H groups in total. The minimum Gasteiger partial charge on any atom is -0.493 e. The summed E-state index contributed by atoms with van der Waals surface area (Å²) in [7, 11) is 2.90. The first-order valence-electron chi connectivity index (χ1n) is 15.2. The molecule has 0 unspecified atom stereocenters. The highest BCUT2D eigenvalue weighted by molar-refractivity contribution is 6.12. The number of imidazole rings is 1. The van der Waals surface area contributed by atoms with Crippen molar-refractivity contribution in [3.05, 3.63) is 142 Å². The summed E-state index contributed by atoms with van der Waals surface area (Å²) >= 11 is 0. The average molecular weight is 644 g/mol. The second kappa shape index (κ2) is 14.5. The molecule has 0 aliphatic heterocycles. The van der Waals surface area contributed by atoms with E-state index < -0.39 is 11.8 Å². The molecule has 11 heteroatoms. The van der Waals surface area contributed by atoms with Gasteiger partial charge < -0.3 is 34.4 Å². The lowest BCUT2D eigenvalue weighted by Gasteiger charge is -2.16. The van der Waals surface area contributed by atoms with Crippen LogP contribution < -0.4 is 30.9 Å². The third-order valence-corrected chi connectivity index (χ3v) is 7.72. The SMILES string of the molecule is COc1cc(NC(=O)c2cc(=O)c3ccccc3o2)c(C(=O)Nc2ccc(CCNCc3cccc(-n4ccnc4)c3)cc2)cc1OC. The first-order valence-corrected chi connectivity index (χ1v) is 15.2. The van der Waals surface area contributed by atoms with Gasteiger partial charge in [-0.2, -0.15) is 0 Å². The average Bonchev–Trinajstić information content (AvgIpc) is 3.66. The summed E-state index contributed by atoms with van der Waals surface area (Å²) in [6.07, 6.45) is 6.24. The summed E-state index contributed by atoms with van der Waals surface area (Å²) in [6.45, 7) is 1.50. The van der Waals surface area contributed by atoms with Gasteiger partial charge >= 0.3 is 0 Å². The largest absolute Gasteiger partial charge is 0.493 e. The van der Waals surface area contributed by atoms with Crippen LogP contribution in [0, 0.1) is 0 Å². The van der Waals surface area contributed by atoms with Crippen LogP contribution in [0.2, 0.25) is 0 Å². The van der Waals surface area contributed by atoms with E-state index in [-0.39, 0.29) is 28.0 Å². The third-order valence-electron chi connectivity index (χ3n) is 7.72. The molecule has 2 amide bonds. The molecule has 0 aliphatic carbocycles. The number of carbonyl (C=O) groups excluding carboxylic acids is 2. The fraction of sp³-hybridized carbons (Fsp3) is 0.135. The highest BCUT2D eigenvalue weighted by Gasteiger charge is 2.21. The Kier molecular flexibility index (Phi) is 9.59. The number of para-hydroxylation sites is 1. The van der Waals surface area contributed by atoms with Crippen molar-refractivity contribution >= 4 is 34.2 Å². The smallest absolute Gasteiger partial charge is 0.291 e. The maximum absolute atomic E-state index is 13.5. The van der Waals surface area contributed by atoms with E-state index in [0.717, 1.165) is 36.8 Å². The molecule has 11 nitrogen and oxygen atoms in total. The molecule has 6 aromatic rings. The molecule has 48 heavy (non-hydrogen) atoms. The van der Waals surface area contributed by atoms with Gasteiger partial charge in [-0.25, -0.2) is 4.98 Å². The number of anilines is 2. The van der Waals surface area contributed by atoms with E-state index in [9.17, 15) is 14.4 Å². The number of hydrogen-bond donors (Lipinski definition) is 3. The van der Waals surface area contributed by atoms with E-state index >= 15 is 0 Å². The number of rotatable bonds is 12. The number of nitrogens with zero attached hydrogens (tertiary/aromatic N) is 2. The van der Waals surface area contributed by atoms with Crippen molar-refractivity contribution in [1.82, 2.24) is 14.9 Å². The Labute approximate surface area is 276 Å². The zero-order valence-corrected chi connectivity index (χ0v) is 26.4. The van der Waals surface area contributed by atoms with Gasteiger partial charge in [0.2, 0.25) is 0 Å². The van der Waals surface area contributed by atoms with Crippen molar-refractivity contribution in [1.29, 1.82) is 0 Å². The topological polar surface area (TPSA) is 137 Å². The lowest BCUT2D eigenvalue weighted by molar-refractivity contribution is 0.0997. The van der Waals surface area contributed by atoms with Crippen molar-refractivity contribution in [2.24, 2.45) is 0 Å². The van der Waals surface area contributed by atoms with Crippen molar-refractivity contribution in [2.45, 2.75) is 13.0 Å². The second-order valence-corrected chi connectivity index (χ2v) is 10.9. The summed E-state index contributed by atoms with van der Waals surface area (Å²) < 4.78 is 18.5. The Balaban J connectivity index is 1.11. The van der Waals surface area contributed by atoms with Gasteiger partial charge in [0, 0.05) is 42.4 Å².